The van der Waals surface area contributed by atoms with Gasteiger partial charge in [-0.3, -0.25) is 0 Å². The maximum absolute atomic E-state index is 3.57. The molecule has 102 valence electrons. The Kier molecular flexibility index (Phi) is 7.92. The summed E-state index contributed by atoms with van der Waals surface area (Å²) < 4.78 is 0. The maximum Gasteiger partial charge on any atom is 0.00693 e. The van der Waals surface area contributed by atoms with Crippen LogP contribution in [0.3, 0.4) is 0 Å². The molecule has 0 spiro atoms. The first kappa shape index (κ1) is 15.0. The molecule has 1 N–H and O–H groups in total. The Morgan fingerprint density at radius 1 is 1.18 bits per heavy atom. The fraction of sp³-hybridized carbons (Fsp3) is 1.00. The molecule has 1 aliphatic rings. The summed E-state index contributed by atoms with van der Waals surface area (Å²) in [4.78, 5) is 0. The zero-order valence-corrected chi connectivity index (χ0v) is 12.3. The fourth-order valence-corrected chi connectivity index (χ4v) is 3.36. The molecular weight excluding hydrogens is 206 g/mol. The molecule has 0 saturated heterocycles. The molecule has 0 radical (unpaired) electrons. The van der Waals surface area contributed by atoms with Gasteiger partial charge in [-0.15, -0.1) is 0 Å². The maximum atomic E-state index is 3.57. The van der Waals surface area contributed by atoms with E-state index in [0.717, 1.165) is 17.9 Å². The van der Waals surface area contributed by atoms with Crippen LogP contribution in [0, 0.1) is 11.8 Å². The van der Waals surface area contributed by atoms with Gasteiger partial charge in [-0.05, 0) is 31.7 Å². The molecule has 1 fully saturated rings. The highest BCUT2D eigenvalue weighted by Gasteiger charge is 2.21. The van der Waals surface area contributed by atoms with Crippen molar-refractivity contribution in [3.05, 3.63) is 0 Å². The predicted molar refractivity (Wildman–Crippen MR) is 77.3 cm³/mol. The molecule has 0 amide bonds. The van der Waals surface area contributed by atoms with E-state index in [1.165, 1.54) is 64.2 Å². The van der Waals surface area contributed by atoms with Gasteiger partial charge in [-0.1, -0.05) is 65.2 Å². The van der Waals surface area contributed by atoms with E-state index in [4.69, 9.17) is 0 Å². The van der Waals surface area contributed by atoms with Crippen molar-refractivity contribution in [2.75, 3.05) is 7.05 Å². The lowest BCUT2D eigenvalue weighted by molar-refractivity contribution is 0.315. The van der Waals surface area contributed by atoms with Gasteiger partial charge in [-0.25, -0.2) is 0 Å². The van der Waals surface area contributed by atoms with E-state index in [9.17, 15) is 0 Å². The molecule has 1 rings (SSSR count). The lowest BCUT2D eigenvalue weighted by Gasteiger charge is -2.24. The number of hydrogen-bond donors (Lipinski definition) is 1. The first-order valence-electron chi connectivity index (χ1n) is 7.97. The van der Waals surface area contributed by atoms with Crippen molar-refractivity contribution in [3.63, 3.8) is 0 Å². The van der Waals surface area contributed by atoms with Crippen LogP contribution in [0.1, 0.15) is 78.1 Å². The summed E-state index contributed by atoms with van der Waals surface area (Å²) in [7, 11) is 2.16. The minimum Gasteiger partial charge on any atom is -0.317 e. The summed E-state index contributed by atoms with van der Waals surface area (Å²) >= 11 is 0. The molecule has 1 saturated carbocycles. The Morgan fingerprint density at radius 2 is 1.88 bits per heavy atom. The lowest BCUT2D eigenvalue weighted by Crippen LogP contribution is -2.29. The summed E-state index contributed by atoms with van der Waals surface area (Å²) in [6.45, 7) is 4.67. The summed E-state index contributed by atoms with van der Waals surface area (Å²) in [5.74, 6) is 1.98. The van der Waals surface area contributed by atoms with E-state index in [2.05, 4.69) is 26.2 Å². The minimum atomic E-state index is 0.778. The highest BCUT2D eigenvalue weighted by Crippen LogP contribution is 2.30. The highest BCUT2D eigenvalue weighted by atomic mass is 14.9. The number of rotatable bonds is 9. The van der Waals surface area contributed by atoms with Crippen molar-refractivity contribution in [1.29, 1.82) is 0 Å². The molecule has 1 heteroatoms. The Hall–Kier alpha value is -0.0400. The van der Waals surface area contributed by atoms with Gasteiger partial charge in [0, 0.05) is 6.04 Å². The van der Waals surface area contributed by atoms with Gasteiger partial charge in [0.15, 0.2) is 0 Å². The quantitative estimate of drug-likeness (QED) is 0.611. The summed E-state index contributed by atoms with van der Waals surface area (Å²) in [5.41, 5.74) is 0. The molecular formula is C16H33N. The lowest BCUT2D eigenvalue weighted by atomic mass is 9.87. The molecule has 0 aromatic carbocycles. The predicted octanol–water partition coefficient (Wildman–Crippen LogP) is 4.76. The summed E-state index contributed by atoms with van der Waals surface area (Å²) in [6, 6.07) is 0.778. The molecule has 0 aliphatic heterocycles. The van der Waals surface area contributed by atoms with E-state index in [-0.39, 0.29) is 0 Å². The zero-order chi connectivity index (χ0) is 12.5. The van der Waals surface area contributed by atoms with Crippen LogP contribution in [-0.2, 0) is 0 Å². The van der Waals surface area contributed by atoms with Crippen molar-refractivity contribution >= 4 is 0 Å². The molecule has 0 heterocycles. The van der Waals surface area contributed by atoms with Gasteiger partial charge in [0.05, 0.1) is 0 Å². The second kappa shape index (κ2) is 8.97. The Morgan fingerprint density at radius 3 is 2.41 bits per heavy atom. The van der Waals surface area contributed by atoms with Crippen LogP contribution >= 0.6 is 0 Å². The molecule has 2 atom stereocenters. The van der Waals surface area contributed by atoms with E-state index >= 15 is 0 Å². The van der Waals surface area contributed by atoms with Crippen LogP contribution < -0.4 is 5.32 Å². The number of unbranched alkanes of at least 4 members (excludes halogenated alkanes) is 1. The van der Waals surface area contributed by atoms with Gasteiger partial charge < -0.3 is 5.32 Å². The smallest absolute Gasteiger partial charge is 0.00693 e. The topological polar surface area (TPSA) is 12.0 Å². The van der Waals surface area contributed by atoms with Crippen LogP contribution in [0.25, 0.3) is 0 Å². The monoisotopic (exact) mass is 239 g/mol. The van der Waals surface area contributed by atoms with Crippen molar-refractivity contribution < 1.29 is 0 Å². The minimum absolute atomic E-state index is 0.778. The zero-order valence-electron chi connectivity index (χ0n) is 12.3. The SMILES string of the molecule is CCCCC(CC)CC(CC1CCCC1)NC. The Labute approximate surface area is 109 Å². The molecule has 1 nitrogen and oxygen atoms in total. The van der Waals surface area contributed by atoms with Gasteiger partial charge in [-0.2, -0.15) is 0 Å². The third-order valence-corrected chi connectivity index (χ3v) is 4.66. The summed E-state index contributed by atoms with van der Waals surface area (Å²) in [5, 5.41) is 3.57. The average Bonchev–Trinajstić information content (AvgIpc) is 2.85. The van der Waals surface area contributed by atoms with E-state index < -0.39 is 0 Å². The molecule has 2 unspecified atom stereocenters. The summed E-state index contributed by atoms with van der Waals surface area (Å²) in [6.07, 6.45) is 14.3. The van der Waals surface area contributed by atoms with Crippen LogP contribution in [-0.4, -0.2) is 13.1 Å². The van der Waals surface area contributed by atoms with Gasteiger partial charge in [0.1, 0.15) is 0 Å². The van der Waals surface area contributed by atoms with Crippen molar-refractivity contribution in [2.24, 2.45) is 11.8 Å². The highest BCUT2D eigenvalue weighted by molar-refractivity contribution is 4.77. The van der Waals surface area contributed by atoms with Crippen molar-refractivity contribution in [1.82, 2.24) is 5.32 Å². The van der Waals surface area contributed by atoms with E-state index in [0.29, 0.717) is 0 Å². The Balaban J connectivity index is 2.27. The normalized spacial score (nSPS) is 20.6. The third-order valence-electron chi connectivity index (χ3n) is 4.66. The first-order chi connectivity index (χ1) is 8.30. The van der Waals surface area contributed by atoms with Crippen LogP contribution in [0.5, 0.6) is 0 Å². The molecule has 0 aromatic rings. The second-order valence-corrected chi connectivity index (χ2v) is 6.02. The van der Waals surface area contributed by atoms with E-state index in [1.807, 2.05) is 0 Å². The standard InChI is InChI=1S/C16H33N/c1-4-6-9-14(5-2)12-16(17-3)13-15-10-7-8-11-15/h14-17H,4-13H2,1-3H3. The van der Waals surface area contributed by atoms with Crippen LogP contribution in [0.2, 0.25) is 0 Å². The molecule has 0 aromatic heterocycles. The van der Waals surface area contributed by atoms with Gasteiger partial charge in [0.2, 0.25) is 0 Å². The molecule has 1 aliphatic carbocycles. The molecule has 17 heavy (non-hydrogen) atoms. The average molecular weight is 239 g/mol. The Bertz CT molecular complexity index is 172. The largest absolute Gasteiger partial charge is 0.317 e. The number of nitrogens with one attached hydrogen (secondary N) is 1. The second-order valence-electron chi connectivity index (χ2n) is 6.02. The molecule has 0 bridgehead atoms. The van der Waals surface area contributed by atoms with Crippen molar-refractivity contribution in [3.8, 4) is 0 Å². The third kappa shape index (κ3) is 5.90. The van der Waals surface area contributed by atoms with Crippen molar-refractivity contribution in [2.45, 2.75) is 84.1 Å². The van der Waals surface area contributed by atoms with Crippen LogP contribution in [0.4, 0.5) is 0 Å². The first-order valence-corrected chi connectivity index (χ1v) is 7.97. The van der Waals surface area contributed by atoms with Crippen LogP contribution in [0.15, 0.2) is 0 Å². The van der Waals surface area contributed by atoms with Gasteiger partial charge in [0.25, 0.3) is 0 Å². The fourth-order valence-electron chi connectivity index (χ4n) is 3.36. The number of hydrogen-bond acceptors (Lipinski definition) is 1. The van der Waals surface area contributed by atoms with Gasteiger partial charge >= 0.3 is 0 Å². The van der Waals surface area contributed by atoms with E-state index in [1.54, 1.807) is 0 Å².